The maximum Gasteiger partial charge on any atom is 0.356 e. The van der Waals surface area contributed by atoms with Crippen molar-refractivity contribution in [3.05, 3.63) is 23.8 Å². The van der Waals surface area contributed by atoms with Gasteiger partial charge < -0.3 is 5.11 Å². The third-order valence-corrected chi connectivity index (χ3v) is 1.04. The smallest absolute Gasteiger partial charge is 0.356 e. The van der Waals surface area contributed by atoms with Crippen molar-refractivity contribution in [1.29, 1.82) is 0 Å². The van der Waals surface area contributed by atoms with Crippen molar-refractivity contribution in [3.8, 4) is 0 Å². The van der Waals surface area contributed by atoms with Crippen LogP contribution in [0.5, 0.6) is 0 Å². The number of carboxylic acids is 1. The third kappa shape index (κ3) is 1.71. The first-order valence-electron chi connectivity index (χ1n) is 3.37. The molecule has 1 aromatic rings. The molecular formula is C6H4F2N2O2. The molecule has 0 unspecified atom stereocenters. The van der Waals surface area contributed by atoms with Crippen LogP contribution in [-0.2, 0) is 0 Å². The Morgan fingerprint density at radius 2 is 2.33 bits per heavy atom. The summed E-state index contributed by atoms with van der Waals surface area (Å²) in [7, 11) is 0. The van der Waals surface area contributed by atoms with Gasteiger partial charge >= 0.3 is 5.97 Å². The van der Waals surface area contributed by atoms with Crippen LogP contribution >= 0.6 is 0 Å². The molecule has 0 aliphatic carbocycles. The van der Waals surface area contributed by atoms with Gasteiger partial charge in [0.1, 0.15) is 5.69 Å². The van der Waals surface area contributed by atoms with E-state index in [4.69, 9.17) is 6.48 Å². The van der Waals surface area contributed by atoms with Crippen LogP contribution in [0.2, 0.25) is 0 Å². The lowest BCUT2D eigenvalue weighted by molar-refractivity contribution is 0.0689. The van der Waals surface area contributed by atoms with Crippen molar-refractivity contribution >= 4 is 5.97 Å². The van der Waals surface area contributed by atoms with E-state index in [1.54, 1.807) is 0 Å². The van der Waals surface area contributed by atoms with Crippen molar-refractivity contribution in [2.75, 3.05) is 0 Å². The van der Waals surface area contributed by atoms with Crippen LogP contribution in [0.15, 0.2) is 12.4 Å². The SMILES string of the molecule is [2H]c1n[13c](C(F)F)[13cH]nc1C(=O)O. The molecule has 12 heavy (non-hydrogen) atoms. The van der Waals surface area contributed by atoms with E-state index < -0.39 is 30.0 Å². The van der Waals surface area contributed by atoms with Gasteiger partial charge in [0.15, 0.2) is 5.69 Å². The monoisotopic (exact) mass is 177 g/mol. The fourth-order valence-corrected chi connectivity index (χ4v) is 0.514. The molecule has 0 saturated carbocycles. The predicted octanol–water partition coefficient (Wildman–Crippen LogP) is 1.11. The second-order valence-corrected chi connectivity index (χ2v) is 1.86. The molecule has 0 fully saturated rings. The number of alkyl halides is 2. The predicted molar refractivity (Wildman–Crippen MR) is 33.9 cm³/mol. The Bertz CT molecular complexity index is 345. The van der Waals surface area contributed by atoms with Crippen molar-refractivity contribution < 1.29 is 20.1 Å². The first-order chi connectivity index (χ1) is 6.02. The second-order valence-electron chi connectivity index (χ2n) is 1.86. The normalized spacial score (nSPS) is 11.4. The number of aromatic carboxylic acids is 1. The Balaban J connectivity index is 3.13. The Kier molecular flexibility index (Phi) is 1.89. The Morgan fingerprint density at radius 1 is 1.67 bits per heavy atom. The Hall–Kier alpha value is -1.59. The van der Waals surface area contributed by atoms with Crippen LogP contribution < -0.4 is 0 Å². The summed E-state index contributed by atoms with van der Waals surface area (Å²) in [6.07, 6.45) is -2.96. The molecule has 0 aliphatic rings. The van der Waals surface area contributed by atoms with Crippen LogP contribution in [-0.4, -0.2) is 21.0 Å². The molecular weight excluding hydrogens is 172 g/mol. The van der Waals surface area contributed by atoms with Gasteiger partial charge in [0.2, 0.25) is 0 Å². The summed E-state index contributed by atoms with van der Waals surface area (Å²) >= 11 is 0. The molecule has 6 heteroatoms. The standard InChI is InChI=1S/C6H4F2N2O2/c7-5(8)3-1-10-4(2-9-3)6(11)12/h1-2,5H,(H,11,12)/i1+1,2D,3+1. The third-order valence-electron chi connectivity index (χ3n) is 1.04. The second kappa shape index (κ2) is 3.21. The van der Waals surface area contributed by atoms with E-state index in [0.29, 0.717) is 6.20 Å². The van der Waals surface area contributed by atoms with Gasteiger partial charge in [-0.1, -0.05) is 0 Å². The van der Waals surface area contributed by atoms with Gasteiger partial charge in [-0.2, -0.15) is 0 Å². The highest BCUT2D eigenvalue weighted by molar-refractivity contribution is 5.84. The maximum atomic E-state index is 11.9. The quantitative estimate of drug-likeness (QED) is 0.734. The molecule has 0 amide bonds. The molecule has 1 rings (SSSR count). The van der Waals surface area contributed by atoms with Crippen LogP contribution in [0, 0.1) is 0 Å². The molecule has 1 heterocycles. The van der Waals surface area contributed by atoms with Crippen LogP contribution in [0.4, 0.5) is 8.78 Å². The van der Waals surface area contributed by atoms with Gasteiger partial charge in [-0.25, -0.2) is 18.6 Å². The van der Waals surface area contributed by atoms with Crippen LogP contribution in [0.3, 0.4) is 0 Å². The lowest BCUT2D eigenvalue weighted by Crippen LogP contribution is -2.02. The minimum absolute atomic E-state index is 0.635. The van der Waals surface area contributed by atoms with E-state index in [0.717, 1.165) is 0 Å². The molecule has 4 nitrogen and oxygen atoms in total. The van der Waals surface area contributed by atoms with E-state index in [1.165, 1.54) is 0 Å². The number of nitrogens with zero attached hydrogens (tertiary/aromatic N) is 2. The highest BCUT2D eigenvalue weighted by Crippen LogP contribution is 2.13. The summed E-state index contributed by atoms with van der Waals surface area (Å²) < 4.78 is 30.8. The Labute approximate surface area is 67.3 Å². The van der Waals surface area contributed by atoms with Gasteiger partial charge in [-0.05, 0) is 0 Å². The number of carboxylic acid groups (broad SMARTS) is 1. The van der Waals surface area contributed by atoms with Crippen molar-refractivity contribution in [2.45, 2.75) is 6.43 Å². The molecule has 1 N–H and O–H groups in total. The molecule has 0 radical (unpaired) electrons. The van der Waals surface area contributed by atoms with Crippen LogP contribution in [0.1, 0.15) is 24.0 Å². The first kappa shape index (κ1) is 7.08. The van der Waals surface area contributed by atoms with Crippen molar-refractivity contribution in [1.82, 2.24) is 9.97 Å². The topological polar surface area (TPSA) is 63.1 Å². The van der Waals surface area contributed by atoms with E-state index in [-0.39, 0.29) is 0 Å². The molecule has 1 aromatic heterocycles. The number of hydrogen-bond acceptors (Lipinski definition) is 3. The zero-order valence-electron chi connectivity index (χ0n) is 6.66. The average Bonchev–Trinajstić information content (AvgIpc) is 2.03. The minimum Gasteiger partial charge on any atom is -0.476 e. The van der Waals surface area contributed by atoms with Gasteiger partial charge in [0.25, 0.3) is 6.43 Å². The highest BCUT2D eigenvalue weighted by Gasteiger charge is 2.10. The summed E-state index contributed by atoms with van der Waals surface area (Å²) in [6.45, 7) is 0. The summed E-state index contributed by atoms with van der Waals surface area (Å²) in [5.74, 6) is -1.46. The fraction of sp³-hybridized carbons (Fsp3) is 0.167. The van der Waals surface area contributed by atoms with Gasteiger partial charge in [0.05, 0.1) is 13.7 Å². The molecule has 0 atom stereocenters. The van der Waals surface area contributed by atoms with E-state index in [2.05, 4.69) is 9.97 Å². The van der Waals surface area contributed by atoms with Crippen LogP contribution in [0.25, 0.3) is 0 Å². The maximum absolute atomic E-state index is 11.9. The number of hydrogen-bond donors (Lipinski definition) is 1. The molecule has 0 bridgehead atoms. The van der Waals surface area contributed by atoms with Crippen molar-refractivity contribution in [2.24, 2.45) is 0 Å². The molecule has 0 aliphatic heterocycles. The number of carbonyl (C=O) groups is 1. The first-order valence-corrected chi connectivity index (χ1v) is 2.87. The zero-order chi connectivity index (χ0) is 10.0. The van der Waals surface area contributed by atoms with E-state index in [9.17, 15) is 13.6 Å². The lowest BCUT2D eigenvalue weighted by Gasteiger charge is -1.96. The number of halogens is 2. The summed E-state index contributed by atoms with van der Waals surface area (Å²) in [5, 5.41) is 8.39. The molecule has 0 saturated heterocycles. The Morgan fingerprint density at radius 3 is 2.75 bits per heavy atom. The van der Waals surface area contributed by atoms with E-state index in [1.807, 2.05) is 0 Å². The van der Waals surface area contributed by atoms with Gasteiger partial charge in [-0.3, -0.25) is 4.98 Å². The van der Waals surface area contributed by atoms with E-state index >= 15 is 0 Å². The van der Waals surface area contributed by atoms with Crippen molar-refractivity contribution in [3.63, 3.8) is 0 Å². The molecule has 64 valence electrons. The highest BCUT2D eigenvalue weighted by atomic mass is 19.3. The minimum atomic E-state index is -2.85. The van der Waals surface area contributed by atoms with Gasteiger partial charge in [-0.15, -0.1) is 0 Å². The lowest BCUT2D eigenvalue weighted by atomic mass is 10.5. The summed E-state index contributed by atoms with van der Waals surface area (Å²) in [6, 6.07) is 0. The average molecular weight is 177 g/mol. The van der Waals surface area contributed by atoms with Gasteiger partial charge in [0, 0.05) is 0 Å². The largest absolute Gasteiger partial charge is 0.476 e. The summed E-state index contributed by atoms with van der Waals surface area (Å²) in [4.78, 5) is 16.5. The number of aromatic nitrogens is 2. The fourth-order valence-electron chi connectivity index (χ4n) is 0.514. The molecule has 0 aromatic carbocycles. The summed E-state index contributed by atoms with van der Waals surface area (Å²) in [5.41, 5.74) is -1.33. The molecule has 0 spiro atoms. The zero-order valence-corrected chi connectivity index (χ0v) is 5.66. The number of rotatable bonds is 2.